The van der Waals surface area contributed by atoms with E-state index in [1.54, 1.807) is 6.33 Å². The van der Waals surface area contributed by atoms with Crippen molar-refractivity contribution >= 4 is 33.1 Å². The number of anilines is 2. The van der Waals surface area contributed by atoms with Gasteiger partial charge in [0.2, 0.25) is 0 Å². The molecule has 1 aliphatic rings. The second kappa shape index (κ2) is 8.04. The fraction of sp³-hybridized carbons (Fsp3) is 0.346. The molecule has 1 atom stereocenters. The van der Waals surface area contributed by atoms with Crippen molar-refractivity contribution < 1.29 is 0 Å². The molecule has 5 heteroatoms. The molecule has 0 fully saturated rings. The third-order valence-electron chi connectivity index (χ3n) is 6.44. The van der Waals surface area contributed by atoms with Gasteiger partial charge < -0.3 is 5.32 Å². The molecule has 31 heavy (non-hydrogen) atoms. The molecule has 0 bridgehead atoms. The number of pyridine rings is 1. The highest BCUT2D eigenvalue weighted by Gasteiger charge is 2.31. The highest BCUT2D eigenvalue weighted by atomic mass is 32.1. The van der Waals surface area contributed by atoms with E-state index in [9.17, 15) is 0 Å². The largest absolute Gasteiger partial charge is 0.340 e. The molecule has 0 spiro atoms. The van der Waals surface area contributed by atoms with Gasteiger partial charge in [0, 0.05) is 23.0 Å². The molecule has 3 aromatic heterocycles. The van der Waals surface area contributed by atoms with E-state index in [2.05, 4.69) is 77.4 Å². The van der Waals surface area contributed by atoms with E-state index >= 15 is 0 Å². The molecule has 0 saturated carbocycles. The Kier molecular flexibility index (Phi) is 5.22. The maximum Gasteiger partial charge on any atom is 0.142 e. The molecule has 1 aromatic carbocycles. The maximum absolute atomic E-state index is 4.62. The number of thiophene rings is 1. The number of nitrogens with zero attached hydrogens (tertiary/aromatic N) is 3. The summed E-state index contributed by atoms with van der Waals surface area (Å²) in [4.78, 5) is 15.9. The summed E-state index contributed by atoms with van der Waals surface area (Å²) in [5, 5.41) is 4.78. The molecule has 5 rings (SSSR count). The first-order valence-electron chi connectivity index (χ1n) is 11.0. The van der Waals surface area contributed by atoms with Crippen LogP contribution in [0.1, 0.15) is 48.8 Å². The van der Waals surface area contributed by atoms with Gasteiger partial charge in [0.05, 0.1) is 5.39 Å². The van der Waals surface area contributed by atoms with Crippen molar-refractivity contribution in [1.29, 1.82) is 0 Å². The van der Waals surface area contributed by atoms with E-state index in [0.29, 0.717) is 5.41 Å². The van der Waals surface area contributed by atoms with Gasteiger partial charge in [-0.1, -0.05) is 32.9 Å². The molecule has 158 valence electrons. The van der Waals surface area contributed by atoms with E-state index in [0.717, 1.165) is 41.5 Å². The molecule has 3 heterocycles. The summed E-state index contributed by atoms with van der Waals surface area (Å²) in [5.41, 5.74) is 5.41. The van der Waals surface area contributed by atoms with E-state index in [1.165, 1.54) is 33.4 Å². The molecule has 4 nitrogen and oxygen atoms in total. The van der Waals surface area contributed by atoms with Gasteiger partial charge in [0.1, 0.15) is 17.0 Å². The second-order valence-corrected chi connectivity index (χ2v) is 10.6. The van der Waals surface area contributed by atoms with Crippen LogP contribution in [0, 0.1) is 11.3 Å². The highest BCUT2D eigenvalue weighted by molar-refractivity contribution is 7.19. The van der Waals surface area contributed by atoms with Crippen molar-refractivity contribution in [3.05, 3.63) is 76.7 Å². The van der Waals surface area contributed by atoms with Crippen LogP contribution in [0.3, 0.4) is 0 Å². The molecule has 0 radical (unpaired) electrons. The predicted molar refractivity (Wildman–Crippen MR) is 129 cm³/mol. The molecular formula is C26H28N4S. The lowest BCUT2D eigenvalue weighted by atomic mass is 9.72. The number of hydrogen-bond donors (Lipinski definition) is 1. The van der Waals surface area contributed by atoms with Crippen molar-refractivity contribution in [3.8, 4) is 0 Å². The molecule has 1 aliphatic carbocycles. The molecule has 0 amide bonds. The minimum absolute atomic E-state index is 0.346. The zero-order valence-corrected chi connectivity index (χ0v) is 19.2. The van der Waals surface area contributed by atoms with Crippen molar-refractivity contribution in [1.82, 2.24) is 15.0 Å². The van der Waals surface area contributed by atoms with Gasteiger partial charge in [-0.25, -0.2) is 9.97 Å². The molecule has 0 saturated heterocycles. The van der Waals surface area contributed by atoms with Crippen LogP contribution in [0.2, 0.25) is 0 Å². The van der Waals surface area contributed by atoms with Crippen molar-refractivity contribution in [2.45, 2.75) is 46.5 Å². The quantitative estimate of drug-likeness (QED) is 0.399. The molecular weight excluding hydrogens is 400 g/mol. The Bertz CT molecular complexity index is 1190. The molecule has 1 unspecified atom stereocenters. The number of fused-ring (bicyclic) bond motifs is 3. The van der Waals surface area contributed by atoms with Gasteiger partial charge in [-0.15, -0.1) is 11.3 Å². The van der Waals surface area contributed by atoms with E-state index in [1.807, 2.05) is 23.7 Å². The monoisotopic (exact) mass is 428 g/mol. The van der Waals surface area contributed by atoms with E-state index in [4.69, 9.17) is 0 Å². The first-order chi connectivity index (χ1) is 15.0. The van der Waals surface area contributed by atoms with Crippen LogP contribution < -0.4 is 5.32 Å². The van der Waals surface area contributed by atoms with Crippen molar-refractivity contribution in [2.75, 3.05) is 5.32 Å². The normalized spacial score (nSPS) is 16.3. The van der Waals surface area contributed by atoms with Crippen molar-refractivity contribution in [3.63, 3.8) is 0 Å². The molecule has 1 N–H and O–H groups in total. The summed E-state index contributed by atoms with van der Waals surface area (Å²) in [7, 11) is 0. The zero-order valence-electron chi connectivity index (χ0n) is 18.4. The summed E-state index contributed by atoms with van der Waals surface area (Å²) in [6.45, 7) is 7.09. The van der Waals surface area contributed by atoms with Crippen LogP contribution in [0.5, 0.6) is 0 Å². The van der Waals surface area contributed by atoms with Crippen LogP contribution in [-0.4, -0.2) is 15.0 Å². The van der Waals surface area contributed by atoms with Gasteiger partial charge in [-0.3, -0.25) is 4.98 Å². The lowest BCUT2D eigenvalue weighted by Crippen LogP contribution is -2.26. The first kappa shape index (κ1) is 20.1. The molecule has 4 aromatic rings. The van der Waals surface area contributed by atoms with Crippen LogP contribution in [0.15, 0.2) is 55.1 Å². The standard InChI is InChI=1S/C26H28N4S/c1-26(2,3)19-6-9-21-22(15-19)31-25-23(21)24(28-16-29-25)30-20-7-4-17(5-8-20)14-18-10-12-27-13-11-18/h4-5,7-8,10-13,16,19H,6,9,14-15H2,1-3H3,(H,28,29,30). The number of aryl methyl sites for hydroxylation is 1. The highest BCUT2D eigenvalue weighted by Crippen LogP contribution is 2.44. The number of hydrogen-bond acceptors (Lipinski definition) is 5. The minimum atomic E-state index is 0.346. The van der Waals surface area contributed by atoms with Crippen LogP contribution >= 0.6 is 11.3 Å². The topological polar surface area (TPSA) is 50.7 Å². The first-order valence-corrected chi connectivity index (χ1v) is 11.8. The summed E-state index contributed by atoms with van der Waals surface area (Å²) in [6, 6.07) is 12.8. The molecule has 0 aliphatic heterocycles. The third-order valence-corrected chi connectivity index (χ3v) is 7.61. The van der Waals surface area contributed by atoms with Gasteiger partial charge in [0.15, 0.2) is 0 Å². The maximum atomic E-state index is 4.62. The Labute approximate surface area is 187 Å². The predicted octanol–water partition coefficient (Wildman–Crippen LogP) is 6.57. The SMILES string of the molecule is CC(C)(C)C1CCc2c(sc3ncnc(Nc4ccc(Cc5ccncc5)cc4)c23)C1. The Morgan fingerprint density at radius 2 is 1.74 bits per heavy atom. The average molecular weight is 429 g/mol. The summed E-state index contributed by atoms with van der Waals surface area (Å²) in [6.07, 6.45) is 9.79. The Balaban J connectivity index is 1.39. The fourth-order valence-electron chi connectivity index (χ4n) is 4.52. The Hall–Kier alpha value is -2.79. The average Bonchev–Trinajstić information content (AvgIpc) is 3.14. The van der Waals surface area contributed by atoms with E-state index < -0.39 is 0 Å². The van der Waals surface area contributed by atoms with Gasteiger partial charge in [-0.05, 0) is 78.0 Å². The summed E-state index contributed by atoms with van der Waals surface area (Å²) in [5.74, 6) is 1.66. The Morgan fingerprint density at radius 3 is 2.48 bits per heavy atom. The van der Waals surface area contributed by atoms with Crippen LogP contribution in [-0.2, 0) is 19.3 Å². The van der Waals surface area contributed by atoms with Crippen molar-refractivity contribution in [2.24, 2.45) is 11.3 Å². The van der Waals surface area contributed by atoms with Gasteiger partial charge in [-0.2, -0.15) is 0 Å². The number of aromatic nitrogens is 3. The fourth-order valence-corrected chi connectivity index (χ4v) is 5.79. The lowest BCUT2D eigenvalue weighted by Gasteiger charge is -2.33. The third kappa shape index (κ3) is 4.19. The minimum Gasteiger partial charge on any atom is -0.340 e. The number of rotatable bonds is 4. The Morgan fingerprint density at radius 1 is 1.00 bits per heavy atom. The zero-order chi connectivity index (χ0) is 21.4. The number of benzene rings is 1. The second-order valence-electron chi connectivity index (χ2n) is 9.57. The van der Waals surface area contributed by atoms with Crippen LogP contribution in [0.4, 0.5) is 11.5 Å². The summed E-state index contributed by atoms with van der Waals surface area (Å²) < 4.78 is 0. The van der Waals surface area contributed by atoms with Gasteiger partial charge in [0.25, 0.3) is 0 Å². The smallest absolute Gasteiger partial charge is 0.142 e. The van der Waals surface area contributed by atoms with E-state index in [-0.39, 0.29) is 0 Å². The van der Waals surface area contributed by atoms with Gasteiger partial charge >= 0.3 is 0 Å². The summed E-state index contributed by atoms with van der Waals surface area (Å²) >= 11 is 1.85. The lowest BCUT2D eigenvalue weighted by molar-refractivity contribution is 0.218. The van der Waals surface area contributed by atoms with Crippen LogP contribution in [0.25, 0.3) is 10.2 Å². The number of nitrogens with one attached hydrogen (secondary N) is 1.